The number of halogens is 1. The summed E-state index contributed by atoms with van der Waals surface area (Å²) in [6.07, 6.45) is 2.17. The predicted octanol–water partition coefficient (Wildman–Crippen LogP) is 6.53. The molecule has 0 nitrogen and oxygen atoms in total. The number of benzene rings is 1. The second-order valence-corrected chi connectivity index (χ2v) is 7.37. The molecule has 0 aliphatic carbocycles. The van der Waals surface area contributed by atoms with E-state index in [2.05, 4.69) is 26.5 Å². The van der Waals surface area contributed by atoms with Gasteiger partial charge >= 0.3 is 0 Å². The molecular weight excluding hydrogens is 259 g/mol. The van der Waals surface area contributed by atoms with Gasteiger partial charge in [0.2, 0.25) is 0 Å². The molecule has 0 spiro atoms. The minimum atomic E-state index is -1.41. The normalized spacial score (nSPS) is 16.0. The molecular formula is C20H29F. The summed E-state index contributed by atoms with van der Waals surface area (Å²) in [5, 5.41) is 0. The first-order chi connectivity index (χ1) is 9.48. The van der Waals surface area contributed by atoms with Crippen LogP contribution >= 0.6 is 0 Å². The third kappa shape index (κ3) is 3.84. The highest BCUT2D eigenvalue weighted by atomic mass is 19.1. The van der Waals surface area contributed by atoms with Crippen molar-refractivity contribution in [1.29, 1.82) is 0 Å². The van der Waals surface area contributed by atoms with Gasteiger partial charge in [0.1, 0.15) is 5.67 Å². The molecule has 0 saturated heterocycles. The number of rotatable bonds is 4. The van der Waals surface area contributed by atoms with Crippen molar-refractivity contribution in [1.82, 2.24) is 0 Å². The quantitative estimate of drug-likeness (QED) is 0.552. The zero-order chi connectivity index (χ0) is 16.4. The second-order valence-electron chi connectivity index (χ2n) is 7.37. The average molecular weight is 288 g/mol. The molecule has 0 bridgehead atoms. The first-order valence-electron chi connectivity index (χ1n) is 7.65. The van der Waals surface area contributed by atoms with E-state index in [1.807, 2.05) is 52.0 Å². The van der Waals surface area contributed by atoms with Crippen molar-refractivity contribution in [2.45, 2.75) is 54.1 Å². The third-order valence-corrected chi connectivity index (χ3v) is 4.23. The monoisotopic (exact) mass is 288 g/mol. The lowest BCUT2D eigenvalue weighted by molar-refractivity contribution is 0.0450. The van der Waals surface area contributed by atoms with E-state index in [0.29, 0.717) is 5.92 Å². The lowest BCUT2D eigenvalue weighted by Crippen LogP contribution is -2.33. The lowest BCUT2D eigenvalue weighted by atomic mass is 9.72. The molecule has 0 aliphatic rings. The molecule has 21 heavy (non-hydrogen) atoms. The van der Waals surface area contributed by atoms with E-state index in [9.17, 15) is 0 Å². The van der Waals surface area contributed by atoms with Crippen LogP contribution in [-0.2, 0) is 5.67 Å². The zero-order valence-corrected chi connectivity index (χ0v) is 14.5. The van der Waals surface area contributed by atoms with Gasteiger partial charge in [-0.15, -0.1) is 0 Å². The van der Waals surface area contributed by atoms with Crippen LogP contribution in [0.25, 0.3) is 5.57 Å². The van der Waals surface area contributed by atoms with Gasteiger partial charge in [-0.1, -0.05) is 71.5 Å². The molecule has 0 aliphatic heterocycles. The Morgan fingerprint density at radius 1 is 1.14 bits per heavy atom. The molecule has 0 N–H and O–H groups in total. The van der Waals surface area contributed by atoms with E-state index in [1.165, 1.54) is 0 Å². The predicted molar refractivity (Wildman–Crippen MR) is 92.0 cm³/mol. The van der Waals surface area contributed by atoms with Crippen molar-refractivity contribution in [3.63, 3.8) is 0 Å². The van der Waals surface area contributed by atoms with Crippen LogP contribution in [0.5, 0.6) is 0 Å². The van der Waals surface area contributed by atoms with E-state index in [1.54, 1.807) is 6.92 Å². The molecule has 0 aromatic heterocycles. The highest BCUT2D eigenvalue weighted by Crippen LogP contribution is 2.45. The fourth-order valence-corrected chi connectivity index (χ4v) is 2.37. The molecule has 1 unspecified atom stereocenters. The highest BCUT2D eigenvalue weighted by Gasteiger charge is 2.40. The summed E-state index contributed by atoms with van der Waals surface area (Å²) in [5.74, 6) is 0.452. The molecule has 1 aromatic rings. The Hall–Kier alpha value is -1.37. The second kappa shape index (κ2) is 6.17. The van der Waals surface area contributed by atoms with Gasteiger partial charge in [0.05, 0.1) is 0 Å². The van der Waals surface area contributed by atoms with Crippen LogP contribution in [0.1, 0.15) is 59.6 Å². The first kappa shape index (κ1) is 17.7. The van der Waals surface area contributed by atoms with E-state index in [4.69, 9.17) is 0 Å². The maximum atomic E-state index is 15.4. The largest absolute Gasteiger partial charge is 0.238 e. The molecule has 1 aromatic carbocycles. The summed E-state index contributed by atoms with van der Waals surface area (Å²) in [6.45, 7) is 18.0. The molecule has 0 radical (unpaired) electrons. The number of hydrogen-bond acceptors (Lipinski definition) is 0. The summed E-state index contributed by atoms with van der Waals surface area (Å²) in [4.78, 5) is 0. The van der Waals surface area contributed by atoms with Gasteiger partial charge in [0.15, 0.2) is 0 Å². The molecule has 116 valence electrons. The van der Waals surface area contributed by atoms with Gasteiger partial charge in [-0.05, 0) is 47.5 Å². The Balaban J connectivity index is 3.39. The van der Waals surface area contributed by atoms with Crippen molar-refractivity contribution in [3.8, 4) is 0 Å². The first-order valence-corrected chi connectivity index (χ1v) is 7.65. The lowest BCUT2D eigenvalue weighted by Gasteiger charge is -2.36. The van der Waals surface area contributed by atoms with Crippen LogP contribution in [0.4, 0.5) is 4.39 Å². The smallest absolute Gasteiger partial charge is 0.138 e. The molecule has 0 fully saturated rings. The van der Waals surface area contributed by atoms with Crippen LogP contribution in [0.2, 0.25) is 0 Å². The van der Waals surface area contributed by atoms with Crippen LogP contribution in [0.3, 0.4) is 0 Å². The van der Waals surface area contributed by atoms with Crippen LogP contribution in [-0.4, -0.2) is 0 Å². The standard InChI is InChI=1S/C20H29F/c1-14(2)13-15(3)16(4)17-11-9-10-12-18(17)20(8,21)19(5,6)7/h9-14H,4H2,1-3,5-8H3/b15-13+. The molecule has 0 heterocycles. The minimum Gasteiger partial charge on any atom is -0.238 e. The number of alkyl halides is 1. The van der Waals surface area contributed by atoms with Gasteiger partial charge < -0.3 is 0 Å². The van der Waals surface area contributed by atoms with Crippen LogP contribution < -0.4 is 0 Å². The SMILES string of the molecule is C=C(/C(C)=C/C(C)C)c1ccccc1C(C)(F)C(C)(C)C. The fraction of sp³-hybridized carbons (Fsp3) is 0.500. The Morgan fingerprint density at radius 3 is 2.14 bits per heavy atom. The van der Waals surface area contributed by atoms with E-state index >= 15 is 4.39 Å². The Kier molecular flexibility index (Phi) is 5.20. The average Bonchev–Trinajstić information content (AvgIpc) is 2.35. The molecule has 1 atom stereocenters. The highest BCUT2D eigenvalue weighted by molar-refractivity contribution is 5.79. The summed E-state index contributed by atoms with van der Waals surface area (Å²) in [7, 11) is 0. The Labute approximate surface area is 129 Å². The van der Waals surface area contributed by atoms with Crippen molar-refractivity contribution in [2.24, 2.45) is 11.3 Å². The molecule has 1 heteroatoms. The summed E-state index contributed by atoms with van der Waals surface area (Å²) in [6, 6.07) is 7.70. The summed E-state index contributed by atoms with van der Waals surface area (Å²) < 4.78 is 15.4. The van der Waals surface area contributed by atoms with Crippen molar-refractivity contribution in [2.75, 3.05) is 0 Å². The van der Waals surface area contributed by atoms with Gasteiger partial charge in [-0.25, -0.2) is 4.39 Å². The fourth-order valence-electron chi connectivity index (χ4n) is 2.37. The van der Waals surface area contributed by atoms with Gasteiger partial charge in [0, 0.05) is 0 Å². The Morgan fingerprint density at radius 2 is 1.67 bits per heavy atom. The number of hydrogen-bond donors (Lipinski definition) is 0. The van der Waals surface area contributed by atoms with Crippen LogP contribution in [0, 0.1) is 11.3 Å². The van der Waals surface area contributed by atoms with Crippen LogP contribution in [0.15, 0.2) is 42.5 Å². The van der Waals surface area contributed by atoms with E-state index < -0.39 is 11.1 Å². The van der Waals surface area contributed by atoms with Gasteiger partial charge in [-0.3, -0.25) is 0 Å². The van der Waals surface area contributed by atoms with Crippen molar-refractivity contribution in [3.05, 3.63) is 53.6 Å². The topological polar surface area (TPSA) is 0 Å². The Bertz CT molecular complexity index is 539. The van der Waals surface area contributed by atoms with Crippen molar-refractivity contribution < 1.29 is 4.39 Å². The number of allylic oxidation sites excluding steroid dienone is 3. The molecule has 0 saturated carbocycles. The van der Waals surface area contributed by atoms with Gasteiger partial charge in [0.25, 0.3) is 0 Å². The summed E-state index contributed by atoms with van der Waals surface area (Å²) >= 11 is 0. The third-order valence-electron chi connectivity index (χ3n) is 4.23. The minimum absolute atomic E-state index is 0.452. The maximum absolute atomic E-state index is 15.4. The van der Waals surface area contributed by atoms with Crippen molar-refractivity contribution >= 4 is 5.57 Å². The summed E-state index contributed by atoms with van der Waals surface area (Å²) in [5.41, 5.74) is 1.77. The maximum Gasteiger partial charge on any atom is 0.138 e. The molecule has 0 amide bonds. The molecule has 1 rings (SSSR count). The van der Waals surface area contributed by atoms with E-state index in [-0.39, 0.29) is 0 Å². The van der Waals surface area contributed by atoms with E-state index in [0.717, 1.165) is 22.3 Å². The zero-order valence-electron chi connectivity index (χ0n) is 14.5. The van der Waals surface area contributed by atoms with Gasteiger partial charge in [-0.2, -0.15) is 0 Å².